The topological polar surface area (TPSA) is 23.8 Å². The highest BCUT2D eigenvalue weighted by molar-refractivity contribution is 5.55. The van der Waals surface area contributed by atoms with Crippen molar-refractivity contribution in [2.45, 2.75) is 6.92 Å². The van der Waals surface area contributed by atoms with Crippen molar-refractivity contribution in [2.75, 3.05) is 0 Å². The summed E-state index contributed by atoms with van der Waals surface area (Å²) >= 11 is 0. The Labute approximate surface area is 78.6 Å². The minimum Gasteiger partial charge on any atom is -0.193 e. The molecule has 1 aromatic rings. The number of nitriles is 1. The van der Waals surface area contributed by atoms with Gasteiger partial charge in [-0.2, -0.15) is 5.26 Å². The maximum Gasteiger partial charge on any atom is 0.0912 e. The second-order valence-corrected chi connectivity index (χ2v) is 2.76. The molecule has 64 valence electrons. The van der Waals surface area contributed by atoms with Gasteiger partial charge in [0, 0.05) is 6.08 Å². The number of allylic oxidation sites excluding steroid dienone is 3. The lowest BCUT2D eigenvalue weighted by atomic mass is 10.1. The maximum atomic E-state index is 8.32. The van der Waals surface area contributed by atoms with E-state index in [1.165, 1.54) is 6.08 Å². The second-order valence-electron chi connectivity index (χ2n) is 2.76. The molecule has 0 spiro atoms. The first-order valence-corrected chi connectivity index (χ1v) is 4.12. The first-order valence-electron chi connectivity index (χ1n) is 4.12. The third-order valence-corrected chi connectivity index (χ3v) is 1.61. The summed E-state index contributed by atoms with van der Waals surface area (Å²) in [5, 5.41) is 8.32. The Hall–Kier alpha value is -1.81. The summed E-state index contributed by atoms with van der Waals surface area (Å²) in [6.45, 7) is 1.97. The summed E-state index contributed by atoms with van der Waals surface area (Å²) < 4.78 is 0. The average molecular weight is 169 g/mol. The lowest BCUT2D eigenvalue weighted by molar-refractivity contribution is 1.51. The van der Waals surface area contributed by atoms with Gasteiger partial charge < -0.3 is 0 Å². The third kappa shape index (κ3) is 3.39. The fourth-order valence-corrected chi connectivity index (χ4v) is 1.03. The maximum absolute atomic E-state index is 8.32. The molecular weight excluding hydrogens is 158 g/mol. The molecule has 0 fully saturated rings. The van der Waals surface area contributed by atoms with Crippen LogP contribution in [0.3, 0.4) is 0 Å². The standard InChI is InChI=1S/C12H11N/c1-11(6-5-9-13)10-12-7-3-2-4-8-12/h2-8,10H,1H3. The first-order chi connectivity index (χ1) is 6.33. The van der Waals surface area contributed by atoms with Crippen LogP contribution in [0.2, 0.25) is 0 Å². The zero-order chi connectivity index (χ0) is 9.52. The van der Waals surface area contributed by atoms with Crippen LogP contribution in [0.15, 0.2) is 48.1 Å². The molecule has 0 bridgehead atoms. The van der Waals surface area contributed by atoms with Gasteiger partial charge in [-0.25, -0.2) is 0 Å². The highest BCUT2D eigenvalue weighted by Gasteiger charge is 1.85. The molecule has 0 aliphatic rings. The van der Waals surface area contributed by atoms with Gasteiger partial charge in [-0.15, -0.1) is 0 Å². The van der Waals surface area contributed by atoms with Crippen LogP contribution < -0.4 is 0 Å². The summed E-state index contributed by atoms with van der Waals surface area (Å²) in [7, 11) is 0. The van der Waals surface area contributed by atoms with Crippen molar-refractivity contribution in [3.63, 3.8) is 0 Å². The molecule has 1 aromatic carbocycles. The number of benzene rings is 1. The molecule has 0 radical (unpaired) electrons. The molecule has 1 rings (SSSR count). The van der Waals surface area contributed by atoms with Crippen LogP contribution in [0.5, 0.6) is 0 Å². The van der Waals surface area contributed by atoms with Gasteiger partial charge in [-0.1, -0.05) is 36.4 Å². The Kier molecular flexibility index (Phi) is 3.53. The van der Waals surface area contributed by atoms with Gasteiger partial charge in [0.25, 0.3) is 0 Å². The van der Waals surface area contributed by atoms with Gasteiger partial charge in [-0.05, 0) is 24.1 Å². The van der Waals surface area contributed by atoms with Crippen LogP contribution in [0.4, 0.5) is 0 Å². The van der Waals surface area contributed by atoms with Crippen molar-refractivity contribution in [3.8, 4) is 6.07 Å². The van der Waals surface area contributed by atoms with Crippen LogP contribution in [0.25, 0.3) is 6.08 Å². The third-order valence-electron chi connectivity index (χ3n) is 1.61. The van der Waals surface area contributed by atoms with Crippen molar-refractivity contribution in [1.29, 1.82) is 5.26 Å². The van der Waals surface area contributed by atoms with Crippen LogP contribution in [0.1, 0.15) is 12.5 Å². The van der Waals surface area contributed by atoms with Gasteiger partial charge in [0.15, 0.2) is 0 Å². The second kappa shape index (κ2) is 4.95. The predicted molar refractivity (Wildman–Crippen MR) is 54.8 cm³/mol. The van der Waals surface area contributed by atoms with Gasteiger partial charge in [-0.3, -0.25) is 0 Å². The molecule has 0 heterocycles. The van der Waals surface area contributed by atoms with E-state index < -0.39 is 0 Å². The Balaban J connectivity index is 2.78. The minimum atomic E-state index is 1.08. The molecule has 0 aliphatic carbocycles. The zero-order valence-corrected chi connectivity index (χ0v) is 7.57. The van der Waals surface area contributed by atoms with E-state index in [-0.39, 0.29) is 0 Å². The Bertz CT molecular complexity index is 352. The Morgan fingerprint density at radius 3 is 2.62 bits per heavy atom. The van der Waals surface area contributed by atoms with Crippen LogP contribution in [0, 0.1) is 11.3 Å². The molecular formula is C12H11N. The molecule has 0 aliphatic heterocycles. The summed E-state index contributed by atoms with van der Waals surface area (Å²) in [5.41, 5.74) is 2.23. The minimum absolute atomic E-state index is 1.08. The average Bonchev–Trinajstić information content (AvgIpc) is 2.16. The molecule has 0 aromatic heterocycles. The van der Waals surface area contributed by atoms with Gasteiger partial charge in [0.2, 0.25) is 0 Å². The highest BCUT2D eigenvalue weighted by Crippen LogP contribution is 2.06. The highest BCUT2D eigenvalue weighted by atomic mass is 14.2. The number of hydrogen-bond donors (Lipinski definition) is 0. The summed E-state index contributed by atoms with van der Waals surface area (Å²) in [6.07, 6.45) is 5.32. The number of nitrogens with zero attached hydrogens (tertiary/aromatic N) is 1. The lowest BCUT2D eigenvalue weighted by Crippen LogP contribution is -1.71. The van der Waals surface area contributed by atoms with Crippen molar-refractivity contribution >= 4 is 6.08 Å². The fraction of sp³-hybridized carbons (Fsp3) is 0.0833. The number of hydrogen-bond acceptors (Lipinski definition) is 1. The van der Waals surface area contributed by atoms with E-state index >= 15 is 0 Å². The molecule has 0 N–H and O–H groups in total. The van der Waals surface area contributed by atoms with Gasteiger partial charge in [0.1, 0.15) is 0 Å². The van der Waals surface area contributed by atoms with E-state index in [0.717, 1.165) is 11.1 Å². The van der Waals surface area contributed by atoms with E-state index in [1.807, 2.05) is 49.4 Å². The van der Waals surface area contributed by atoms with Crippen LogP contribution in [-0.4, -0.2) is 0 Å². The molecule has 0 unspecified atom stereocenters. The van der Waals surface area contributed by atoms with E-state index in [1.54, 1.807) is 6.08 Å². The van der Waals surface area contributed by atoms with Crippen molar-refractivity contribution in [3.05, 3.63) is 53.6 Å². The first kappa shape index (κ1) is 9.28. The molecule has 0 saturated heterocycles. The smallest absolute Gasteiger partial charge is 0.0912 e. The SMILES string of the molecule is CC(C=CC#N)=Cc1ccccc1. The van der Waals surface area contributed by atoms with E-state index in [9.17, 15) is 0 Å². The van der Waals surface area contributed by atoms with Crippen molar-refractivity contribution < 1.29 is 0 Å². The molecule has 0 amide bonds. The molecule has 0 atom stereocenters. The fourth-order valence-electron chi connectivity index (χ4n) is 1.03. The lowest BCUT2D eigenvalue weighted by Gasteiger charge is -1.93. The van der Waals surface area contributed by atoms with Crippen molar-refractivity contribution in [1.82, 2.24) is 0 Å². The van der Waals surface area contributed by atoms with Crippen LogP contribution in [-0.2, 0) is 0 Å². The Morgan fingerprint density at radius 2 is 2.00 bits per heavy atom. The quantitative estimate of drug-likeness (QED) is 0.492. The largest absolute Gasteiger partial charge is 0.193 e. The van der Waals surface area contributed by atoms with E-state index in [2.05, 4.69) is 0 Å². The van der Waals surface area contributed by atoms with Gasteiger partial charge in [0.05, 0.1) is 6.07 Å². The van der Waals surface area contributed by atoms with E-state index in [0.29, 0.717) is 0 Å². The van der Waals surface area contributed by atoms with Crippen molar-refractivity contribution in [2.24, 2.45) is 0 Å². The molecule has 13 heavy (non-hydrogen) atoms. The zero-order valence-electron chi connectivity index (χ0n) is 7.57. The molecule has 0 saturated carbocycles. The van der Waals surface area contributed by atoms with Gasteiger partial charge >= 0.3 is 0 Å². The Morgan fingerprint density at radius 1 is 1.31 bits per heavy atom. The predicted octanol–water partition coefficient (Wildman–Crippen LogP) is 3.17. The normalized spacial score (nSPS) is 11.5. The molecule has 1 nitrogen and oxygen atoms in total. The van der Waals surface area contributed by atoms with Crippen LogP contribution >= 0.6 is 0 Å². The monoisotopic (exact) mass is 169 g/mol. The number of rotatable bonds is 2. The summed E-state index contributed by atoms with van der Waals surface area (Å²) in [5.74, 6) is 0. The van der Waals surface area contributed by atoms with E-state index in [4.69, 9.17) is 5.26 Å². The summed E-state index contributed by atoms with van der Waals surface area (Å²) in [4.78, 5) is 0. The summed E-state index contributed by atoms with van der Waals surface area (Å²) in [6, 6.07) is 12.0. The molecule has 1 heteroatoms.